The Morgan fingerprint density at radius 2 is 2.08 bits per heavy atom. The molecule has 6 nitrogen and oxygen atoms in total. The Bertz CT molecular complexity index is 616. The van der Waals surface area contributed by atoms with Crippen molar-refractivity contribution in [1.29, 1.82) is 0 Å². The second-order valence-corrected chi connectivity index (χ2v) is 7.93. The number of carbonyl (C=O) groups is 2. The zero-order chi connectivity index (χ0) is 18.4. The van der Waals surface area contributed by atoms with Crippen LogP contribution in [-0.4, -0.2) is 41.5 Å². The number of hydrogen-bond donors (Lipinski definition) is 0. The Balaban J connectivity index is 2.25. The van der Waals surface area contributed by atoms with Crippen molar-refractivity contribution in [3.05, 3.63) is 22.4 Å². The second kappa shape index (κ2) is 8.47. The van der Waals surface area contributed by atoms with E-state index in [1.165, 1.54) is 29.2 Å². The maximum Gasteiger partial charge on any atom is 0.430 e. The van der Waals surface area contributed by atoms with Gasteiger partial charge in [0.25, 0.3) is 0 Å². The first-order chi connectivity index (χ1) is 11.8. The minimum atomic E-state index is -0.628. The zero-order valence-corrected chi connectivity index (χ0v) is 16.1. The summed E-state index contributed by atoms with van der Waals surface area (Å²) in [5, 5.41) is 7.44. The predicted molar refractivity (Wildman–Crippen MR) is 97.8 cm³/mol. The van der Waals surface area contributed by atoms with Crippen molar-refractivity contribution in [3.63, 3.8) is 0 Å². The number of hydrazone groups is 1. The first kappa shape index (κ1) is 19.4. The van der Waals surface area contributed by atoms with Gasteiger partial charge in [-0.25, -0.2) is 9.59 Å². The smallest absolute Gasteiger partial charge is 0.430 e. The van der Waals surface area contributed by atoms with Crippen molar-refractivity contribution in [3.8, 4) is 0 Å². The molecule has 1 aliphatic carbocycles. The number of nitrogens with zero attached hydrogens (tertiary/aromatic N) is 2. The van der Waals surface area contributed by atoms with Crippen LogP contribution in [0.5, 0.6) is 0 Å². The maximum absolute atomic E-state index is 12.5. The molecule has 1 aliphatic rings. The third-order valence-electron chi connectivity index (χ3n) is 3.49. The lowest BCUT2D eigenvalue weighted by atomic mass is 10.2. The fraction of sp³-hybridized carbons (Fsp3) is 0.611. The summed E-state index contributed by atoms with van der Waals surface area (Å²) in [5.41, 5.74) is -0.490. The van der Waals surface area contributed by atoms with Gasteiger partial charge in [-0.15, -0.1) is 11.3 Å². The van der Waals surface area contributed by atoms with Crippen LogP contribution in [-0.2, 0) is 14.3 Å². The first-order valence-electron chi connectivity index (χ1n) is 8.60. The van der Waals surface area contributed by atoms with E-state index in [4.69, 9.17) is 9.47 Å². The van der Waals surface area contributed by atoms with Crippen LogP contribution in [0.4, 0.5) is 4.79 Å². The van der Waals surface area contributed by atoms with Crippen LogP contribution in [0.25, 0.3) is 0 Å². The van der Waals surface area contributed by atoms with Crippen LogP contribution in [0, 0.1) is 5.92 Å². The zero-order valence-electron chi connectivity index (χ0n) is 15.3. The van der Waals surface area contributed by atoms with Gasteiger partial charge in [-0.2, -0.15) is 10.1 Å². The highest BCUT2D eigenvalue weighted by atomic mass is 32.1. The average Bonchev–Trinajstić information content (AvgIpc) is 3.18. The van der Waals surface area contributed by atoms with E-state index in [0.717, 1.165) is 6.42 Å². The topological polar surface area (TPSA) is 68.2 Å². The van der Waals surface area contributed by atoms with Crippen molar-refractivity contribution in [2.75, 3.05) is 13.2 Å². The summed E-state index contributed by atoms with van der Waals surface area (Å²) in [7, 11) is 0. The van der Waals surface area contributed by atoms with E-state index in [1.54, 1.807) is 33.8 Å². The standard InChI is InChI=1S/C18H26N2O4S/c1-5-23-16(21)15(14-7-6-12-25-14)19-20(11-10-13-8-9-13)17(22)24-18(2,3)4/h6-7,12-13H,5,8-11H2,1-4H3. The molecule has 1 fully saturated rings. The number of esters is 1. The largest absolute Gasteiger partial charge is 0.461 e. The van der Waals surface area contributed by atoms with Crippen LogP contribution in [0.3, 0.4) is 0 Å². The van der Waals surface area contributed by atoms with Gasteiger partial charge in [-0.05, 0) is 51.5 Å². The van der Waals surface area contributed by atoms with Crippen molar-refractivity contribution < 1.29 is 19.1 Å². The quantitative estimate of drug-likeness (QED) is 0.415. The number of rotatable bonds is 7. The fourth-order valence-electron chi connectivity index (χ4n) is 2.13. The molecule has 0 N–H and O–H groups in total. The average molecular weight is 366 g/mol. The van der Waals surface area contributed by atoms with E-state index in [2.05, 4.69) is 5.10 Å². The van der Waals surface area contributed by atoms with Crippen LogP contribution < -0.4 is 0 Å². The third kappa shape index (κ3) is 6.49. The van der Waals surface area contributed by atoms with Crippen molar-refractivity contribution in [1.82, 2.24) is 5.01 Å². The Kier molecular flexibility index (Phi) is 6.58. The van der Waals surface area contributed by atoms with E-state index >= 15 is 0 Å². The SMILES string of the molecule is CCOC(=O)C(=NN(CCC1CC1)C(=O)OC(C)(C)C)c1cccs1. The molecule has 0 atom stereocenters. The molecule has 1 aromatic heterocycles. The van der Waals surface area contributed by atoms with Gasteiger partial charge in [0.05, 0.1) is 11.5 Å². The van der Waals surface area contributed by atoms with Crippen molar-refractivity contribution in [2.24, 2.45) is 11.0 Å². The summed E-state index contributed by atoms with van der Waals surface area (Å²) >= 11 is 1.38. The van der Waals surface area contributed by atoms with Crippen LogP contribution >= 0.6 is 11.3 Å². The Hall–Kier alpha value is -1.89. The maximum atomic E-state index is 12.5. The Morgan fingerprint density at radius 3 is 2.60 bits per heavy atom. The summed E-state index contributed by atoms with van der Waals surface area (Å²) in [4.78, 5) is 25.5. The van der Waals surface area contributed by atoms with E-state index in [-0.39, 0.29) is 12.3 Å². The van der Waals surface area contributed by atoms with E-state index < -0.39 is 17.7 Å². The number of amides is 1. The number of hydrogen-bond acceptors (Lipinski definition) is 6. The molecule has 1 heterocycles. The molecule has 0 bridgehead atoms. The molecule has 1 amide bonds. The molecule has 0 aromatic carbocycles. The fourth-order valence-corrected chi connectivity index (χ4v) is 2.83. The van der Waals surface area contributed by atoms with Crippen LogP contribution in [0.2, 0.25) is 0 Å². The lowest BCUT2D eigenvalue weighted by Gasteiger charge is -2.24. The van der Waals surface area contributed by atoms with Gasteiger partial charge in [0.1, 0.15) is 5.60 Å². The molecule has 138 valence electrons. The van der Waals surface area contributed by atoms with Crippen molar-refractivity contribution in [2.45, 2.75) is 52.6 Å². The third-order valence-corrected chi connectivity index (χ3v) is 4.37. The molecule has 0 spiro atoms. The molecule has 1 saturated carbocycles. The second-order valence-electron chi connectivity index (χ2n) is 6.98. The minimum absolute atomic E-state index is 0.138. The Morgan fingerprint density at radius 1 is 1.36 bits per heavy atom. The lowest BCUT2D eigenvalue weighted by Crippen LogP contribution is -2.36. The first-order valence-corrected chi connectivity index (χ1v) is 9.48. The molecule has 0 saturated heterocycles. The molecule has 7 heteroatoms. The summed E-state index contributed by atoms with van der Waals surface area (Å²) < 4.78 is 10.5. The molecular weight excluding hydrogens is 340 g/mol. The molecule has 2 rings (SSSR count). The summed E-state index contributed by atoms with van der Waals surface area (Å²) in [6, 6.07) is 3.62. The van der Waals surface area contributed by atoms with Crippen LogP contribution in [0.15, 0.2) is 22.6 Å². The summed E-state index contributed by atoms with van der Waals surface area (Å²) in [6.45, 7) is 7.83. The van der Waals surface area contributed by atoms with Gasteiger partial charge in [-0.1, -0.05) is 18.9 Å². The minimum Gasteiger partial charge on any atom is -0.461 e. The predicted octanol–water partition coefficient (Wildman–Crippen LogP) is 4.05. The molecule has 25 heavy (non-hydrogen) atoms. The van der Waals surface area contributed by atoms with Crippen LogP contribution in [0.1, 0.15) is 51.8 Å². The Labute approximate surface area is 152 Å². The molecule has 0 unspecified atom stereocenters. The monoisotopic (exact) mass is 366 g/mol. The van der Waals surface area contributed by atoms with E-state index in [0.29, 0.717) is 17.3 Å². The van der Waals surface area contributed by atoms with Gasteiger partial charge in [0.15, 0.2) is 5.71 Å². The van der Waals surface area contributed by atoms with Gasteiger partial charge < -0.3 is 9.47 Å². The highest BCUT2D eigenvalue weighted by Crippen LogP contribution is 2.32. The van der Waals surface area contributed by atoms with E-state index in [1.807, 2.05) is 11.4 Å². The highest BCUT2D eigenvalue weighted by molar-refractivity contribution is 7.13. The van der Waals surface area contributed by atoms with Gasteiger partial charge >= 0.3 is 12.1 Å². The van der Waals surface area contributed by atoms with Gasteiger partial charge in [0, 0.05) is 6.54 Å². The molecular formula is C18H26N2O4S. The molecule has 1 aromatic rings. The number of carbonyl (C=O) groups excluding carboxylic acids is 2. The number of thiophene rings is 1. The highest BCUT2D eigenvalue weighted by Gasteiger charge is 2.28. The molecule has 0 aliphatic heterocycles. The summed E-state index contributed by atoms with van der Waals surface area (Å²) in [5.74, 6) is 0.0952. The van der Waals surface area contributed by atoms with Crippen molar-refractivity contribution >= 4 is 29.1 Å². The normalized spacial score (nSPS) is 15.0. The lowest BCUT2D eigenvalue weighted by molar-refractivity contribution is -0.135. The summed E-state index contributed by atoms with van der Waals surface area (Å²) in [6.07, 6.45) is 2.67. The number of ether oxygens (including phenoxy) is 2. The van der Waals surface area contributed by atoms with Gasteiger partial charge in [0.2, 0.25) is 0 Å². The van der Waals surface area contributed by atoms with Gasteiger partial charge in [-0.3, -0.25) is 0 Å². The van der Waals surface area contributed by atoms with E-state index in [9.17, 15) is 9.59 Å². The molecule has 0 radical (unpaired) electrons.